The number of hydrogen-bond acceptors (Lipinski definition) is 4. The van der Waals surface area contributed by atoms with Crippen molar-refractivity contribution in [3.05, 3.63) is 28.8 Å². The first-order valence-corrected chi connectivity index (χ1v) is 8.47. The molecule has 0 saturated carbocycles. The Morgan fingerprint density at radius 3 is 2.79 bits per heavy atom. The molecule has 0 amide bonds. The highest BCUT2D eigenvalue weighted by Crippen LogP contribution is 2.29. The van der Waals surface area contributed by atoms with Gasteiger partial charge in [-0.05, 0) is 37.5 Å². The standard InChI is InChI=1S/C13H18ClNO3S/c1-9(15)6-10-2-3-13(12(14)7-10)18-11-4-5-19(16,17)8-11/h2-3,7,9,11H,4-6,8,15H2,1H3. The Morgan fingerprint density at radius 2 is 2.26 bits per heavy atom. The van der Waals surface area contributed by atoms with E-state index in [1.54, 1.807) is 6.07 Å². The van der Waals surface area contributed by atoms with E-state index in [2.05, 4.69) is 0 Å². The molecule has 6 heteroatoms. The second-order valence-electron chi connectivity index (χ2n) is 5.09. The van der Waals surface area contributed by atoms with E-state index in [1.807, 2.05) is 19.1 Å². The molecule has 106 valence electrons. The number of hydrogen-bond donors (Lipinski definition) is 1. The zero-order valence-corrected chi connectivity index (χ0v) is 12.4. The molecule has 1 fully saturated rings. The lowest BCUT2D eigenvalue weighted by Gasteiger charge is -2.14. The van der Waals surface area contributed by atoms with Crippen LogP contribution in [-0.2, 0) is 16.3 Å². The molecular formula is C13H18ClNO3S. The van der Waals surface area contributed by atoms with Crippen LogP contribution in [0.5, 0.6) is 5.75 Å². The van der Waals surface area contributed by atoms with Gasteiger partial charge in [0.2, 0.25) is 0 Å². The van der Waals surface area contributed by atoms with Crippen LogP contribution in [0.25, 0.3) is 0 Å². The highest BCUT2D eigenvalue weighted by molar-refractivity contribution is 7.91. The summed E-state index contributed by atoms with van der Waals surface area (Å²) in [5.74, 6) is 0.806. The molecule has 1 aliphatic heterocycles. The Hall–Kier alpha value is -0.780. The van der Waals surface area contributed by atoms with E-state index in [1.165, 1.54) is 0 Å². The van der Waals surface area contributed by atoms with Crippen molar-refractivity contribution in [1.82, 2.24) is 0 Å². The second kappa shape index (κ2) is 5.69. The first kappa shape index (κ1) is 14.6. The maximum atomic E-state index is 11.4. The van der Waals surface area contributed by atoms with Crippen LogP contribution in [0.3, 0.4) is 0 Å². The number of rotatable bonds is 4. The molecule has 0 spiro atoms. The Bertz CT molecular complexity index is 557. The van der Waals surface area contributed by atoms with Gasteiger partial charge in [0.15, 0.2) is 9.84 Å². The first-order chi connectivity index (χ1) is 8.85. The number of halogens is 1. The largest absolute Gasteiger partial charge is 0.488 e. The van der Waals surface area contributed by atoms with Crippen LogP contribution < -0.4 is 10.5 Å². The fourth-order valence-corrected chi connectivity index (χ4v) is 4.01. The number of nitrogens with two attached hydrogens (primary N) is 1. The molecule has 1 saturated heterocycles. The topological polar surface area (TPSA) is 69.4 Å². The molecule has 1 aromatic carbocycles. The van der Waals surface area contributed by atoms with E-state index >= 15 is 0 Å². The first-order valence-electron chi connectivity index (χ1n) is 6.27. The summed E-state index contributed by atoms with van der Waals surface area (Å²) in [6.45, 7) is 1.93. The molecule has 2 unspecified atom stereocenters. The lowest BCUT2D eigenvalue weighted by molar-refractivity contribution is 0.229. The number of ether oxygens (including phenoxy) is 1. The second-order valence-corrected chi connectivity index (χ2v) is 7.72. The zero-order valence-electron chi connectivity index (χ0n) is 10.8. The predicted molar refractivity (Wildman–Crippen MR) is 76.5 cm³/mol. The molecule has 2 N–H and O–H groups in total. The van der Waals surface area contributed by atoms with E-state index < -0.39 is 9.84 Å². The molecule has 1 aliphatic rings. The summed E-state index contributed by atoms with van der Waals surface area (Å²) in [4.78, 5) is 0. The molecular weight excluding hydrogens is 286 g/mol. The van der Waals surface area contributed by atoms with Gasteiger partial charge in [-0.3, -0.25) is 0 Å². The summed E-state index contributed by atoms with van der Waals surface area (Å²) in [6, 6.07) is 5.59. The van der Waals surface area contributed by atoms with Crippen LogP contribution in [0.15, 0.2) is 18.2 Å². The maximum Gasteiger partial charge on any atom is 0.154 e. The molecule has 2 atom stereocenters. The van der Waals surface area contributed by atoms with Crippen molar-refractivity contribution in [3.63, 3.8) is 0 Å². The lowest BCUT2D eigenvalue weighted by Crippen LogP contribution is -2.19. The number of sulfone groups is 1. The SMILES string of the molecule is CC(N)Cc1ccc(OC2CCS(=O)(=O)C2)c(Cl)c1. The minimum atomic E-state index is -2.94. The van der Waals surface area contributed by atoms with Crippen LogP contribution in [0.2, 0.25) is 5.02 Å². The average molecular weight is 304 g/mol. The van der Waals surface area contributed by atoms with E-state index in [0.29, 0.717) is 17.2 Å². The summed E-state index contributed by atoms with van der Waals surface area (Å²) in [5, 5.41) is 0.502. The van der Waals surface area contributed by atoms with Gasteiger partial charge in [0.05, 0.1) is 16.5 Å². The van der Waals surface area contributed by atoms with Gasteiger partial charge in [-0.25, -0.2) is 8.42 Å². The van der Waals surface area contributed by atoms with Gasteiger partial charge in [-0.2, -0.15) is 0 Å². The minimum Gasteiger partial charge on any atom is -0.488 e. The lowest BCUT2D eigenvalue weighted by atomic mass is 10.1. The van der Waals surface area contributed by atoms with Gasteiger partial charge >= 0.3 is 0 Å². The van der Waals surface area contributed by atoms with Gasteiger partial charge in [-0.1, -0.05) is 17.7 Å². The predicted octanol–water partition coefficient (Wildman–Crippen LogP) is 1.80. The fraction of sp³-hybridized carbons (Fsp3) is 0.538. The van der Waals surface area contributed by atoms with Gasteiger partial charge in [0.25, 0.3) is 0 Å². The Labute approximate surface area is 118 Å². The molecule has 0 aromatic heterocycles. The number of benzene rings is 1. The van der Waals surface area contributed by atoms with Gasteiger partial charge < -0.3 is 10.5 Å². The monoisotopic (exact) mass is 303 g/mol. The van der Waals surface area contributed by atoms with Crippen molar-refractivity contribution in [2.24, 2.45) is 5.73 Å². The van der Waals surface area contributed by atoms with Crippen LogP contribution >= 0.6 is 11.6 Å². The Kier molecular flexibility index (Phi) is 4.38. The van der Waals surface area contributed by atoms with Crippen molar-refractivity contribution in [3.8, 4) is 5.75 Å². The third kappa shape index (κ3) is 4.09. The zero-order chi connectivity index (χ0) is 14.0. The summed E-state index contributed by atoms with van der Waals surface area (Å²) in [6.07, 6.45) is 0.986. The summed E-state index contributed by atoms with van der Waals surface area (Å²) < 4.78 is 28.4. The van der Waals surface area contributed by atoms with E-state index in [-0.39, 0.29) is 23.7 Å². The van der Waals surface area contributed by atoms with Crippen LogP contribution in [0, 0.1) is 0 Å². The highest BCUT2D eigenvalue weighted by Gasteiger charge is 2.29. The van der Waals surface area contributed by atoms with Gasteiger partial charge in [0.1, 0.15) is 11.9 Å². The highest BCUT2D eigenvalue weighted by atomic mass is 35.5. The van der Waals surface area contributed by atoms with Gasteiger partial charge in [-0.15, -0.1) is 0 Å². The average Bonchev–Trinajstić information content (AvgIpc) is 2.61. The molecule has 2 rings (SSSR count). The van der Waals surface area contributed by atoms with E-state index in [9.17, 15) is 8.42 Å². The van der Waals surface area contributed by atoms with Gasteiger partial charge in [0, 0.05) is 6.04 Å². The third-order valence-electron chi connectivity index (χ3n) is 3.04. The van der Waals surface area contributed by atoms with Crippen molar-refractivity contribution >= 4 is 21.4 Å². The van der Waals surface area contributed by atoms with Crippen molar-refractivity contribution in [2.75, 3.05) is 11.5 Å². The summed E-state index contributed by atoms with van der Waals surface area (Å²) in [5.41, 5.74) is 6.78. The molecule has 1 aromatic rings. The smallest absolute Gasteiger partial charge is 0.154 e. The molecule has 0 aliphatic carbocycles. The molecule has 1 heterocycles. The van der Waals surface area contributed by atoms with Crippen molar-refractivity contribution in [1.29, 1.82) is 0 Å². The molecule has 0 bridgehead atoms. The Morgan fingerprint density at radius 1 is 1.53 bits per heavy atom. The fourth-order valence-electron chi connectivity index (χ4n) is 2.17. The Balaban J connectivity index is 2.05. The van der Waals surface area contributed by atoms with Crippen molar-refractivity contribution in [2.45, 2.75) is 31.9 Å². The third-order valence-corrected chi connectivity index (χ3v) is 5.07. The summed E-state index contributed by atoms with van der Waals surface area (Å²) in [7, 11) is -2.94. The van der Waals surface area contributed by atoms with E-state index in [0.717, 1.165) is 12.0 Å². The van der Waals surface area contributed by atoms with Crippen LogP contribution in [-0.4, -0.2) is 32.1 Å². The van der Waals surface area contributed by atoms with Crippen molar-refractivity contribution < 1.29 is 13.2 Å². The minimum absolute atomic E-state index is 0.0720. The molecule has 19 heavy (non-hydrogen) atoms. The molecule has 0 radical (unpaired) electrons. The van der Waals surface area contributed by atoms with Crippen LogP contribution in [0.4, 0.5) is 0 Å². The summed E-state index contributed by atoms with van der Waals surface area (Å²) >= 11 is 6.15. The maximum absolute atomic E-state index is 11.4. The normalized spacial score (nSPS) is 23.2. The molecule has 4 nitrogen and oxygen atoms in total. The quantitative estimate of drug-likeness (QED) is 0.921. The van der Waals surface area contributed by atoms with Crippen LogP contribution in [0.1, 0.15) is 18.9 Å². The van der Waals surface area contributed by atoms with E-state index in [4.69, 9.17) is 22.1 Å².